The minimum Gasteiger partial charge on any atom is -0.410 e. The highest BCUT2D eigenvalue weighted by Crippen LogP contribution is 2.54. The van der Waals surface area contributed by atoms with E-state index < -0.39 is 6.09 Å². The number of piperidine rings is 1. The quantitative estimate of drug-likeness (QED) is 0.742. The number of fused-ring (bicyclic) bond motifs is 1. The Balaban J connectivity index is 0.00000192. The molecule has 1 aliphatic heterocycles. The van der Waals surface area contributed by atoms with E-state index in [0.717, 1.165) is 24.6 Å². The maximum Gasteiger partial charge on any atom is 0.417 e. The van der Waals surface area contributed by atoms with E-state index in [9.17, 15) is 4.79 Å². The Morgan fingerprint density at radius 3 is 2.82 bits per heavy atom. The monoisotopic (exact) mass is 398 g/mol. The Kier molecular flexibility index (Phi) is 5.35. The van der Waals surface area contributed by atoms with Crippen LogP contribution in [0, 0.1) is 5.92 Å². The summed E-state index contributed by atoms with van der Waals surface area (Å²) in [6, 6.07) is 16.3. The number of halogens is 1. The molecular weight excluding hydrogens is 372 g/mol. The van der Waals surface area contributed by atoms with Gasteiger partial charge in [-0.15, -0.1) is 12.4 Å². The molecule has 28 heavy (non-hydrogen) atoms. The third-order valence-electron chi connectivity index (χ3n) is 6.85. The summed E-state index contributed by atoms with van der Waals surface area (Å²) in [5, 5.41) is 6.56. The van der Waals surface area contributed by atoms with Gasteiger partial charge < -0.3 is 10.1 Å². The molecule has 2 fully saturated rings. The van der Waals surface area contributed by atoms with Gasteiger partial charge in [-0.25, -0.2) is 4.79 Å². The van der Waals surface area contributed by atoms with Gasteiger partial charge in [0.05, 0.1) is 0 Å². The fourth-order valence-electron chi connectivity index (χ4n) is 5.74. The molecule has 4 nitrogen and oxygen atoms in total. The van der Waals surface area contributed by atoms with Gasteiger partial charge in [0.15, 0.2) is 0 Å². The van der Waals surface area contributed by atoms with E-state index in [1.165, 1.54) is 43.2 Å². The van der Waals surface area contributed by atoms with Gasteiger partial charge in [-0.1, -0.05) is 37.1 Å². The van der Waals surface area contributed by atoms with Crippen LogP contribution >= 0.6 is 12.4 Å². The summed E-state index contributed by atoms with van der Waals surface area (Å²) in [6.07, 6.45) is 7.09. The molecule has 0 unspecified atom stereocenters. The first-order chi connectivity index (χ1) is 13.2. The average molecular weight is 399 g/mol. The van der Waals surface area contributed by atoms with E-state index in [2.05, 4.69) is 22.8 Å². The van der Waals surface area contributed by atoms with Crippen molar-refractivity contribution in [3.05, 3.63) is 59.7 Å². The summed E-state index contributed by atoms with van der Waals surface area (Å²) in [4.78, 5) is 12.3. The van der Waals surface area contributed by atoms with Crippen molar-refractivity contribution in [3.8, 4) is 5.75 Å². The second kappa shape index (κ2) is 7.76. The normalized spacial score (nSPS) is 27.6. The molecule has 2 aliphatic carbocycles. The molecule has 1 saturated carbocycles. The Morgan fingerprint density at radius 1 is 1.11 bits per heavy atom. The molecule has 5 heteroatoms. The zero-order valence-corrected chi connectivity index (χ0v) is 16.8. The average Bonchev–Trinajstić information content (AvgIpc) is 2.69. The Bertz CT molecular complexity index is 853. The van der Waals surface area contributed by atoms with Gasteiger partial charge in [-0.3, -0.25) is 5.32 Å². The lowest BCUT2D eigenvalue weighted by Crippen LogP contribution is -2.59. The molecule has 5 rings (SSSR count). The SMILES string of the molecule is Cl.O=C(Nc1ccccc1)Oc1ccc2c(c1)[C@@]13CCCC[C@H]1[C@@H](C2)NCC3. The number of amides is 1. The van der Waals surface area contributed by atoms with Crippen molar-refractivity contribution in [1.82, 2.24) is 5.32 Å². The third-order valence-corrected chi connectivity index (χ3v) is 6.85. The zero-order valence-electron chi connectivity index (χ0n) is 15.9. The molecule has 0 aromatic heterocycles. The first kappa shape index (κ1) is 19.3. The van der Waals surface area contributed by atoms with Gasteiger partial charge in [-0.2, -0.15) is 0 Å². The zero-order chi connectivity index (χ0) is 18.3. The largest absolute Gasteiger partial charge is 0.417 e. The van der Waals surface area contributed by atoms with Gasteiger partial charge in [0, 0.05) is 17.1 Å². The lowest BCUT2D eigenvalue weighted by atomic mass is 9.53. The first-order valence-corrected chi connectivity index (χ1v) is 10.2. The number of hydrogen-bond acceptors (Lipinski definition) is 3. The van der Waals surface area contributed by atoms with Crippen LogP contribution in [-0.4, -0.2) is 18.7 Å². The highest BCUT2D eigenvalue weighted by molar-refractivity contribution is 5.86. The molecule has 3 aliphatic rings. The number of rotatable bonds is 2. The van der Waals surface area contributed by atoms with E-state index in [0.29, 0.717) is 11.8 Å². The third kappa shape index (κ3) is 3.29. The van der Waals surface area contributed by atoms with E-state index in [1.807, 2.05) is 36.4 Å². The Morgan fingerprint density at radius 2 is 1.96 bits per heavy atom. The van der Waals surface area contributed by atoms with Crippen LogP contribution in [0.2, 0.25) is 0 Å². The lowest BCUT2D eigenvalue weighted by molar-refractivity contribution is 0.0795. The minimum atomic E-state index is -0.433. The Labute approximate surface area is 172 Å². The van der Waals surface area contributed by atoms with Crippen LogP contribution in [0.3, 0.4) is 0 Å². The summed E-state index contributed by atoms with van der Waals surface area (Å²) < 4.78 is 5.63. The Hall–Kier alpha value is -2.04. The topological polar surface area (TPSA) is 50.4 Å². The standard InChI is InChI=1S/C23H26N2O2.ClH/c26-22(25-17-6-2-1-3-7-17)27-18-10-9-16-14-21-19-8-4-5-11-23(19,12-13-24-21)20(16)15-18;/h1-3,6-7,9-10,15,19,21,24H,4-5,8,11-14H2,(H,25,26);1H/t19-,21+,23+;/m0./s1. The van der Waals surface area contributed by atoms with Crippen LogP contribution in [0.15, 0.2) is 48.5 Å². The number of anilines is 1. The predicted molar refractivity (Wildman–Crippen MR) is 114 cm³/mol. The lowest BCUT2D eigenvalue weighted by Gasteiger charge is -2.56. The van der Waals surface area contributed by atoms with Gasteiger partial charge in [0.1, 0.15) is 5.75 Å². The molecule has 3 atom stereocenters. The maximum absolute atomic E-state index is 12.3. The molecule has 2 aromatic carbocycles. The highest BCUT2D eigenvalue weighted by Gasteiger charge is 2.51. The van der Waals surface area contributed by atoms with Crippen molar-refractivity contribution in [2.75, 3.05) is 11.9 Å². The van der Waals surface area contributed by atoms with Gasteiger partial charge in [0.25, 0.3) is 0 Å². The number of carbonyl (C=O) groups is 1. The van der Waals surface area contributed by atoms with Gasteiger partial charge in [0.2, 0.25) is 0 Å². The summed E-state index contributed by atoms with van der Waals surface area (Å²) in [5.74, 6) is 1.37. The molecule has 2 aromatic rings. The van der Waals surface area contributed by atoms with Crippen LogP contribution in [0.5, 0.6) is 5.75 Å². The number of ether oxygens (including phenoxy) is 1. The van der Waals surface area contributed by atoms with Crippen LogP contribution in [0.25, 0.3) is 0 Å². The molecule has 0 spiro atoms. The summed E-state index contributed by atoms with van der Waals surface area (Å²) >= 11 is 0. The molecule has 2 N–H and O–H groups in total. The van der Waals surface area contributed by atoms with Crippen molar-refractivity contribution in [3.63, 3.8) is 0 Å². The number of hydrogen-bond donors (Lipinski definition) is 2. The van der Waals surface area contributed by atoms with Crippen molar-refractivity contribution < 1.29 is 9.53 Å². The molecule has 1 amide bonds. The van der Waals surface area contributed by atoms with E-state index in [4.69, 9.17) is 4.74 Å². The molecule has 0 radical (unpaired) electrons. The van der Waals surface area contributed by atoms with Crippen LogP contribution < -0.4 is 15.4 Å². The molecule has 2 bridgehead atoms. The first-order valence-electron chi connectivity index (χ1n) is 10.2. The summed E-state index contributed by atoms with van der Waals surface area (Å²) in [5.41, 5.74) is 3.89. The van der Waals surface area contributed by atoms with Gasteiger partial charge >= 0.3 is 6.09 Å². The van der Waals surface area contributed by atoms with Crippen LogP contribution in [-0.2, 0) is 11.8 Å². The van der Waals surface area contributed by atoms with E-state index >= 15 is 0 Å². The van der Waals surface area contributed by atoms with E-state index in [-0.39, 0.29) is 17.8 Å². The molecule has 1 saturated heterocycles. The second-order valence-electron chi connectivity index (χ2n) is 8.22. The number of benzene rings is 2. The summed E-state index contributed by atoms with van der Waals surface area (Å²) in [6.45, 7) is 1.10. The van der Waals surface area contributed by atoms with Crippen molar-refractivity contribution in [2.45, 2.75) is 50.0 Å². The number of nitrogens with one attached hydrogen (secondary N) is 2. The second-order valence-corrected chi connectivity index (χ2v) is 8.22. The molecular formula is C23H27ClN2O2. The fourth-order valence-corrected chi connectivity index (χ4v) is 5.74. The van der Waals surface area contributed by atoms with Gasteiger partial charge in [-0.05, 0) is 73.5 Å². The number of para-hydroxylation sites is 1. The van der Waals surface area contributed by atoms with E-state index in [1.54, 1.807) is 0 Å². The predicted octanol–water partition coefficient (Wildman–Crippen LogP) is 5.07. The smallest absolute Gasteiger partial charge is 0.410 e. The van der Waals surface area contributed by atoms with Crippen molar-refractivity contribution in [1.29, 1.82) is 0 Å². The minimum absolute atomic E-state index is 0. The summed E-state index contributed by atoms with van der Waals surface area (Å²) in [7, 11) is 0. The van der Waals surface area contributed by atoms with Crippen LogP contribution in [0.1, 0.15) is 43.2 Å². The van der Waals surface area contributed by atoms with Crippen molar-refractivity contribution >= 4 is 24.2 Å². The molecule has 148 valence electrons. The highest BCUT2D eigenvalue weighted by atomic mass is 35.5. The fraction of sp³-hybridized carbons (Fsp3) is 0.435. The number of carbonyl (C=O) groups excluding carboxylic acids is 1. The maximum atomic E-state index is 12.3. The van der Waals surface area contributed by atoms with Crippen molar-refractivity contribution in [2.24, 2.45) is 5.92 Å². The van der Waals surface area contributed by atoms with Crippen LogP contribution in [0.4, 0.5) is 10.5 Å². The molecule has 1 heterocycles.